The van der Waals surface area contributed by atoms with Crippen LogP contribution in [-0.2, 0) is 0 Å². The third kappa shape index (κ3) is 2.66. The van der Waals surface area contributed by atoms with Crippen LogP contribution in [0.25, 0.3) is 0 Å². The van der Waals surface area contributed by atoms with Gasteiger partial charge >= 0.3 is 11.9 Å². The molecular weight excluding hydrogens is 262 g/mol. The summed E-state index contributed by atoms with van der Waals surface area (Å²) in [5, 5.41) is 13.0. The van der Waals surface area contributed by atoms with Crippen molar-refractivity contribution in [1.29, 1.82) is 0 Å². The van der Waals surface area contributed by atoms with E-state index in [1.165, 1.54) is 10.9 Å². The van der Waals surface area contributed by atoms with Gasteiger partial charge in [-0.05, 0) is 26.0 Å². The SMILES string of the molecule is CC(C)n1ncc(C(=O)O)c1C(=O)Oc1cccnc1. The number of nitrogens with zero attached hydrogens (tertiary/aromatic N) is 3. The van der Waals surface area contributed by atoms with Crippen LogP contribution in [0.2, 0.25) is 0 Å². The van der Waals surface area contributed by atoms with E-state index in [9.17, 15) is 9.59 Å². The highest BCUT2D eigenvalue weighted by atomic mass is 16.5. The largest absolute Gasteiger partial charge is 0.478 e. The molecular formula is C13H13N3O4. The molecule has 0 aromatic carbocycles. The first-order valence-electron chi connectivity index (χ1n) is 5.93. The molecule has 20 heavy (non-hydrogen) atoms. The molecule has 0 spiro atoms. The van der Waals surface area contributed by atoms with Crippen molar-refractivity contribution in [3.63, 3.8) is 0 Å². The monoisotopic (exact) mass is 275 g/mol. The van der Waals surface area contributed by atoms with Gasteiger partial charge in [-0.15, -0.1) is 0 Å². The number of carboxylic acid groups (broad SMARTS) is 1. The van der Waals surface area contributed by atoms with Gasteiger partial charge in [0.2, 0.25) is 0 Å². The minimum atomic E-state index is -1.23. The van der Waals surface area contributed by atoms with E-state index in [4.69, 9.17) is 9.84 Å². The highest BCUT2D eigenvalue weighted by molar-refractivity contribution is 6.01. The Morgan fingerprint density at radius 3 is 2.65 bits per heavy atom. The molecule has 7 nitrogen and oxygen atoms in total. The van der Waals surface area contributed by atoms with E-state index in [0.29, 0.717) is 0 Å². The quantitative estimate of drug-likeness (QED) is 0.854. The maximum absolute atomic E-state index is 12.2. The fourth-order valence-electron chi connectivity index (χ4n) is 1.68. The normalized spacial score (nSPS) is 10.6. The van der Waals surface area contributed by atoms with Crippen molar-refractivity contribution < 1.29 is 19.4 Å². The van der Waals surface area contributed by atoms with E-state index >= 15 is 0 Å². The summed E-state index contributed by atoms with van der Waals surface area (Å²) in [7, 11) is 0. The average molecular weight is 275 g/mol. The molecule has 2 aromatic rings. The summed E-state index contributed by atoms with van der Waals surface area (Å²) in [6.07, 6.45) is 4.05. The minimum absolute atomic E-state index is 0.0867. The second kappa shape index (κ2) is 5.52. The minimum Gasteiger partial charge on any atom is -0.478 e. The van der Waals surface area contributed by atoms with E-state index in [-0.39, 0.29) is 23.0 Å². The number of esters is 1. The van der Waals surface area contributed by atoms with E-state index in [1.54, 1.807) is 32.2 Å². The van der Waals surface area contributed by atoms with E-state index in [1.807, 2.05) is 0 Å². The molecule has 0 aliphatic heterocycles. The van der Waals surface area contributed by atoms with Crippen LogP contribution in [0.15, 0.2) is 30.7 Å². The molecule has 0 radical (unpaired) electrons. The number of hydrogen-bond donors (Lipinski definition) is 1. The first kappa shape index (κ1) is 13.7. The van der Waals surface area contributed by atoms with Crippen LogP contribution in [0.4, 0.5) is 0 Å². The van der Waals surface area contributed by atoms with Crippen LogP contribution in [0.3, 0.4) is 0 Å². The van der Waals surface area contributed by atoms with Gasteiger partial charge in [-0.2, -0.15) is 5.10 Å². The van der Waals surface area contributed by atoms with Gasteiger partial charge in [-0.1, -0.05) is 0 Å². The Labute approximate surface area is 114 Å². The van der Waals surface area contributed by atoms with Crippen LogP contribution in [-0.4, -0.2) is 31.8 Å². The average Bonchev–Trinajstić information content (AvgIpc) is 2.84. The molecule has 104 valence electrons. The number of carbonyl (C=O) groups is 2. The van der Waals surface area contributed by atoms with Gasteiger partial charge in [0.05, 0.1) is 12.4 Å². The number of carboxylic acids is 1. The molecule has 0 bridgehead atoms. The Morgan fingerprint density at radius 2 is 2.10 bits per heavy atom. The first-order valence-corrected chi connectivity index (χ1v) is 5.93. The van der Waals surface area contributed by atoms with Crippen LogP contribution in [0, 0.1) is 0 Å². The van der Waals surface area contributed by atoms with Crippen LogP contribution < -0.4 is 4.74 Å². The maximum atomic E-state index is 12.2. The Hall–Kier alpha value is -2.70. The Kier molecular flexibility index (Phi) is 3.79. The highest BCUT2D eigenvalue weighted by Crippen LogP contribution is 2.17. The van der Waals surface area contributed by atoms with Crippen LogP contribution in [0.5, 0.6) is 5.75 Å². The number of ether oxygens (including phenoxy) is 1. The van der Waals surface area contributed by atoms with Gasteiger partial charge < -0.3 is 9.84 Å². The lowest BCUT2D eigenvalue weighted by atomic mass is 10.2. The fraction of sp³-hybridized carbons (Fsp3) is 0.231. The maximum Gasteiger partial charge on any atom is 0.362 e. The van der Waals surface area contributed by atoms with Gasteiger partial charge in [0, 0.05) is 12.2 Å². The molecule has 2 rings (SSSR count). The zero-order valence-corrected chi connectivity index (χ0v) is 11.0. The summed E-state index contributed by atoms with van der Waals surface area (Å²) in [5.74, 6) is -1.76. The van der Waals surface area contributed by atoms with Crippen LogP contribution >= 0.6 is 0 Å². The summed E-state index contributed by atoms with van der Waals surface area (Å²) in [6, 6.07) is 3.00. The molecule has 0 aliphatic rings. The number of rotatable bonds is 4. The summed E-state index contributed by atoms with van der Waals surface area (Å²) in [6.45, 7) is 3.58. The van der Waals surface area contributed by atoms with Crippen molar-refractivity contribution in [3.05, 3.63) is 42.0 Å². The Bertz CT molecular complexity index is 634. The van der Waals surface area contributed by atoms with Crippen molar-refractivity contribution in [1.82, 2.24) is 14.8 Å². The zero-order chi connectivity index (χ0) is 14.7. The fourth-order valence-corrected chi connectivity index (χ4v) is 1.68. The molecule has 0 saturated heterocycles. The van der Waals surface area contributed by atoms with Gasteiger partial charge in [0.25, 0.3) is 0 Å². The number of hydrogen-bond acceptors (Lipinski definition) is 5. The lowest BCUT2D eigenvalue weighted by Crippen LogP contribution is -2.20. The predicted octanol–water partition coefficient (Wildman–Crippen LogP) is 1.78. The van der Waals surface area contributed by atoms with Crippen molar-refractivity contribution in [2.45, 2.75) is 19.9 Å². The zero-order valence-electron chi connectivity index (χ0n) is 11.0. The first-order chi connectivity index (χ1) is 9.50. The van der Waals surface area contributed by atoms with E-state index in [0.717, 1.165) is 6.20 Å². The van der Waals surface area contributed by atoms with Crippen LogP contribution in [0.1, 0.15) is 40.7 Å². The van der Waals surface area contributed by atoms with Gasteiger partial charge in [0.1, 0.15) is 11.3 Å². The highest BCUT2D eigenvalue weighted by Gasteiger charge is 2.26. The molecule has 7 heteroatoms. The van der Waals surface area contributed by atoms with Crippen molar-refractivity contribution >= 4 is 11.9 Å². The lowest BCUT2D eigenvalue weighted by molar-refractivity contribution is 0.0661. The van der Waals surface area contributed by atoms with Crippen molar-refractivity contribution in [3.8, 4) is 5.75 Å². The smallest absolute Gasteiger partial charge is 0.362 e. The van der Waals surface area contributed by atoms with E-state index in [2.05, 4.69) is 10.1 Å². The number of carbonyl (C=O) groups excluding carboxylic acids is 1. The number of pyridine rings is 1. The van der Waals surface area contributed by atoms with Gasteiger partial charge in [-0.25, -0.2) is 9.59 Å². The Morgan fingerprint density at radius 1 is 1.35 bits per heavy atom. The molecule has 0 fully saturated rings. The summed E-state index contributed by atoms with van der Waals surface area (Å²) in [4.78, 5) is 27.1. The number of aromatic carboxylic acids is 1. The third-order valence-corrected chi connectivity index (χ3v) is 2.55. The molecule has 0 aliphatic carbocycles. The van der Waals surface area contributed by atoms with Gasteiger partial charge in [0.15, 0.2) is 5.69 Å². The van der Waals surface area contributed by atoms with Crippen molar-refractivity contribution in [2.75, 3.05) is 0 Å². The predicted molar refractivity (Wildman–Crippen MR) is 68.8 cm³/mol. The van der Waals surface area contributed by atoms with E-state index < -0.39 is 11.9 Å². The molecule has 1 N–H and O–H groups in total. The third-order valence-electron chi connectivity index (χ3n) is 2.55. The molecule has 0 unspecified atom stereocenters. The standard InChI is InChI=1S/C13H13N3O4/c1-8(2)16-11(10(7-15-16)12(17)18)13(19)20-9-4-3-5-14-6-9/h3-8H,1-2H3,(H,17,18). The second-order valence-corrected chi connectivity index (χ2v) is 4.33. The molecule has 0 saturated carbocycles. The molecule has 2 heterocycles. The summed E-state index contributed by atoms with van der Waals surface area (Å²) in [5.41, 5.74) is -0.274. The molecule has 2 aromatic heterocycles. The summed E-state index contributed by atoms with van der Waals surface area (Å²) < 4.78 is 6.44. The Balaban J connectivity index is 2.37. The number of aromatic nitrogens is 3. The molecule has 0 amide bonds. The van der Waals surface area contributed by atoms with Crippen molar-refractivity contribution in [2.24, 2.45) is 0 Å². The van der Waals surface area contributed by atoms with Gasteiger partial charge in [-0.3, -0.25) is 9.67 Å². The topological polar surface area (TPSA) is 94.3 Å². The molecule has 0 atom stereocenters. The lowest BCUT2D eigenvalue weighted by Gasteiger charge is -2.11. The summed E-state index contributed by atoms with van der Waals surface area (Å²) >= 11 is 0. The second-order valence-electron chi connectivity index (χ2n) is 4.33.